The van der Waals surface area contributed by atoms with Crippen molar-refractivity contribution < 1.29 is 0 Å². The van der Waals surface area contributed by atoms with E-state index in [9.17, 15) is 0 Å². The van der Waals surface area contributed by atoms with Gasteiger partial charge in [0, 0.05) is 12.5 Å². The SMILES string of the molecule is CC1CCCCCN1CCCCC#N. The highest BCUT2D eigenvalue weighted by atomic mass is 15.1. The van der Waals surface area contributed by atoms with Crippen molar-refractivity contribution in [1.29, 1.82) is 5.26 Å². The summed E-state index contributed by atoms with van der Waals surface area (Å²) in [6, 6.07) is 2.97. The molecule has 0 aromatic rings. The van der Waals surface area contributed by atoms with Crippen LogP contribution in [0.2, 0.25) is 0 Å². The highest BCUT2D eigenvalue weighted by Crippen LogP contribution is 2.16. The second kappa shape index (κ2) is 6.84. The quantitative estimate of drug-likeness (QED) is 0.643. The van der Waals surface area contributed by atoms with Gasteiger partial charge < -0.3 is 4.90 Å². The normalized spacial score (nSPS) is 24.1. The predicted octanol–water partition coefficient (Wildman–Crippen LogP) is 2.94. The van der Waals surface area contributed by atoms with Crippen LogP contribution >= 0.6 is 0 Å². The first-order chi connectivity index (χ1) is 6.84. The lowest BCUT2D eigenvalue weighted by Crippen LogP contribution is -2.33. The number of likely N-dealkylation sites (tertiary alicyclic amines) is 1. The molecule has 2 heteroatoms. The monoisotopic (exact) mass is 194 g/mol. The van der Waals surface area contributed by atoms with E-state index in [1.54, 1.807) is 0 Å². The Kier molecular flexibility index (Phi) is 5.63. The van der Waals surface area contributed by atoms with Crippen molar-refractivity contribution in [2.24, 2.45) is 0 Å². The minimum absolute atomic E-state index is 0.724. The molecule has 0 N–H and O–H groups in total. The van der Waals surface area contributed by atoms with Gasteiger partial charge in [0.15, 0.2) is 0 Å². The highest BCUT2D eigenvalue weighted by molar-refractivity contribution is 4.73. The van der Waals surface area contributed by atoms with Crippen molar-refractivity contribution in [3.8, 4) is 6.07 Å². The van der Waals surface area contributed by atoms with E-state index in [4.69, 9.17) is 5.26 Å². The van der Waals surface area contributed by atoms with E-state index in [-0.39, 0.29) is 0 Å². The Morgan fingerprint density at radius 2 is 2.14 bits per heavy atom. The molecular weight excluding hydrogens is 172 g/mol. The molecule has 0 aromatic carbocycles. The molecule has 0 bridgehead atoms. The molecule has 2 nitrogen and oxygen atoms in total. The standard InChI is InChI=1S/C12H22N2/c1-12-8-4-2-6-10-14(12)11-7-3-5-9-13/h12H,2-8,10-11H2,1H3. The Labute approximate surface area is 87.9 Å². The maximum Gasteiger partial charge on any atom is 0.0621 e. The van der Waals surface area contributed by atoms with Crippen LogP contribution < -0.4 is 0 Å². The van der Waals surface area contributed by atoms with E-state index in [1.807, 2.05) is 0 Å². The fraction of sp³-hybridized carbons (Fsp3) is 0.917. The summed E-state index contributed by atoms with van der Waals surface area (Å²) >= 11 is 0. The van der Waals surface area contributed by atoms with E-state index >= 15 is 0 Å². The molecule has 0 aliphatic carbocycles. The molecule has 0 spiro atoms. The number of hydrogen-bond donors (Lipinski definition) is 0. The van der Waals surface area contributed by atoms with Gasteiger partial charge in [-0.05, 0) is 45.7 Å². The van der Waals surface area contributed by atoms with Crippen molar-refractivity contribution in [2.45, 2.75) is 57.9 Å². The zero-order chi connectivity index (χ0) is 10.2. The Balaban J connectivity index is 2.17. The third-order valence-electron chi connectivity index (χ3n) is 3.17. The average molecular weight is 194 g/mol. The van der Waals surface area contributed by atoms with E-state index in [0.29, 0.717) is 0 Å². The van der Waals surface area contributed by atoms with Gasteiger partial charge in [0.1, 0.15) is 0 Å². The third-order valence-corrected chi connectivity index (χ3v) is 3.17. The number of hydrogen-bond acceptors (Lipinski definition) is 2. The summed E-state index contributed by atoms with van der Waals surface area (Å²) in [6.45, 7) is 4.81. The summed E-state index contributed by atoms with van der Waals surface area (Å²) in [5, 5.41) is 8.44. The lowest BCUT2D eigenvalue weighted by Gasteiger charge is -2.26. The molecule has 1 fully saturated rings. The Bertz CT molecular complexity index is 183. The molecule has 1 saturated heterocycles. The number of rotatable bonds is 4. The van der Waals surface area contributed by atoms with Gasteiger partial charge in [0.2, 0.25) is 0 Å². The van der Waals surface area contributed by atoms with Gasteiger partial charge in [-0.15, -0.1) is 0 Å². The fourth-order valence-electron chi connectivity index (χ4n) is 2.19. The van der Waals surface area contributed by atoms with Gasteiger partial charge in [0.25, 0.3) is 0 Å². The van der Waals surface area contributed by atoms with E-state index in [0.717, 1.165) is 18.9 Å². The number of nitriles is 1. The lowest BCUT2D eigenvalue weighted by molar-refractivity contribution is 0.210. The van der Waals surface area contributed by atoms with Crippen LogP contribution in [0.1, 0.15) is 51.9 Å². The summed E-state index contributed by atoms with van der Waals surface area (Å²) in [7, 11) is 0. The molecule has 1 unspecified atom stereocenters. The van der Waals surface area contributed by atoms with Crippen LogP contribution in [0.5, 0.6) is 0 Å². The zero-order valence-corrected chi connectivity index (χ0v) is 9.34. The molecule has 1 aliphatic rings. The summed E-state index contributed by atoms with van der Waals surface area (Å²) in [5.41, 5.74) is 0. The summed E-state index contributed by atoms with van der Waals surface area (Å²) in [4.78, 5) is 2.60. The van der Waals surface area contributed by atoms with Crippen molar-refractivity contribution in [3.05, 3.63) is 0 Å². The zero-order valence-electron chi connectivity index (χ0n) is 9.34. The topological polar surface area (TPSA) is 27.0 Å². The summed E-state index contributed by atoms with van der Waals surface area (Å²) < 4.78 is 0. The fourth-order valence-corrected chi connectivity index (χ4v) is 2.19. The molecule has 1 rings (SSSR count). The van der Waals surface area contributed by atoms with E-state index < -0.39 is 0 Å². The molecule has 0 amide bonds. The Hall–Kier alpha value is -0.550. The van der Waals surface area contributed by atoms with Gasteiger partial charge >= 0.3 is 0 Å². The maximum absolute atomic E-state index is 8.44. The summed E-state index contributed by atoms with van der Waals surface area (Å²) in [6.07, 6.45) is 8.51. The van der Waals surface area contributed by atoms with E-state index in [1.165, 1.54) is 45.2 Å². The molecule has 0 aromatic heterocycles. The van der Waals surface area contributed by atoms with Gasteiger partial charge in [-0.2, -0.15) is 5.26 Å². The van der Waals surface area contributed by atoms with Crippen molar-refractivity contribution in [1.82, 2.24) is 4.90 Å². The van der Waals surface area contributed by atoms with Crippen molar-refractivity contribution >= 4 is 0 Å². The first-order valence-corrected chi connectivity index (χ1v) is 5.95. The largest absolute Gasteiger partial charge is 0.301 e. The maximum atomic E-state index is 8.44. The van der Waals surface area contributed by atoms with Crippen LogP contribution in [-0.4, -0.2) is 24.0 Å². The molecule has 0 saturated carbocycles. The molecule has 1 atom stereocenters. The van der Waals surface area contributed by atoms with Crippen LogP contribution in [0.4, 0.5) is 0 Å². The molecule has 80 valence electrons. The van der Waals surface area contributed by atoms with Crippen molar-refractivity contribution in [3.63, 3.8) is 0 Å². The van der Waals surface area contributed by atoms with Gasteiger partial charge in [0.05, 0.1) is 6.07 Å². The van der Waals surface area contributed by atoms with Crippen molar-refractivity contribution in [2.75, 3.05) is 13.1 Å². The van der Waals surface area contributed by atoms with Gasteiger partial charge in [-0.3, -0.25) is 0 Å². The predicted molar refractivity (Wildman–Crippen MR) is 59.0 cm³/mol. The van der Waals surface area contributed by atoms with Crippen LogP contribution in [0, 0.1) is 11.3 Å². The smallest absolute Gasteiger partial charge is 0.0621 e. The third kappa shape index (κ3) is 4.11. The second-order valence-electron chi connectivity index (χ2n) is 4.35. The second-order valence-corrected chi connectivity index (χ2v) is 4.35. The first-order valence-electron chi connectivity index (χ1n) is 5.95. The minimum atomic E-state index is 0.724. The van der Waals surface area contributed by atoms with Crippen LogP contribution in [0.15, 0.2) is 0 Å². The van der Waals surface area contributed by atoms with Crippen LogP contribution in [0.25, 0.3) is 0 Å². The molecule has 1 heterocycles. The summed E-state index contributed by atoms with van der Waals surface area (Å²) in [5.74, 6) is 0. The molecule has 1 aliphatic heterocycles. The van der Waals surface area contributed by atoms with E-state index in [2.05, 4.69) is 17.9 Å². The van der Waals surface area contributed by atoms with Gasteiger partial charge in [-0.1, -0.05) is 12.8 Å². The minimum Gasteiger partial charge on any atom is -0.301 e. The molecule has 14 heavy (non-hydrogen) atoms. The van der Waals surface area contributed by atoms with Crippen LogP contribution in [0.3, 0.4) is 0 Å². The number of nitrogens with zero attached hydrogens (tertiary/aromatic N) is 2. The van der Waals surface area contributed by atoms with Gasteiger partial charge in [-0.25, -0.2) is 0 Å². The molecular formula is C12H22N2. The average Bonchev–Trinajstić information content (AvgIpc) is 2.39. The Morgan fingerprint density at radius 3 is 2.93 bits per heavy atom. The highest BCUT2D eigenvalue weighted by Gasteiger charge is 2.15. The number of unbranched alkanes of at least 4 members (excludes halogenated alkanes) is 2. The molecule has 0 radical (unpaired) electrons. The Morgan fingerprint density at radius 1 is 1.29 bits per heavy atom. The first kappa shape index (κ1) is 11.5. The lowest BCUT2D eigenvalue weighted by atomic mass is 10.1. The van der Waals surface area contributed by atoms with Crippen LogP contribution in [-0.2, 0) is 0 Å².